The van der Waals surface area contributed by atoms with Gasteiger partial charge >= 0.3 is 0 Å². The van der Waals surface area contributed by atoms with Crippen molar-refractivity contribution in [2.24, 2.45) is 5.84 Å². The quantitative estimate of drug-likeness (QED) is 0.471. The van der Waals surface area contributed by atoms with E-state index in [4.69, 9.17) is 5.84 Å². The number of nitrogens with two attached hydrogens (primary N) is 1. The first-order valence-electron chi connectivity index (χ1n) is 6.55. The zero-order valence-corrected chi connectivity index (χ0v) is 12.2. The Hall–Kier alpha value is -1.02. The van der Waals surface area contributed by atoms with E-state index in [-0.39, 0.29) is 5.91 Å². The molecule has 2 rings (SSSR count). The van der Waals surface area contributed by atoms with E-state index < -0.39 is 0 Å². The number of carbonyl (C=O) groups is 1. The summed E-state index contributed by atoms with van der Waals surface area (Å²) in [4.78, 5) is 20.5. The molecule has 1 aliphatic rings. The van der Waals surface area contributed by atoms with Crippen molar-refractivity contribution < 1.29 is 4.79 Å². The summed E-state index contributed by atoms with van der Waals surface area (Å²) in [7, 11) is 0. The number of hydrazine groups is 1. The van der Waals surface area contributed by atoms with Crippen LogP contribution in [0.1, 0.15) is 29.3 Å². The lowest BCUT2D eigenvalue weighted by Crippen LogP contribution is -2.51. The van der Waals surface area contributed by atoms with Gasteiger partial charge in [-0.25, -0.2) is 10.8 Å². The van der Waals surface area contributed by atoms with Crippen LogP contribution in [-0.2, 0) is 6.54 Å². The van der Waals surface area contributed by atoms with Crippen molar-refractivity contribution in [1.82, 2.24) is 20.2 Å². The number of piperazine rings is 1. The van der Waals surface area contributed by atoms with Gasteiger partial charge in [-0.05, 0) is 13.5 Å². The molecule has 1 unspecified atom stereocenters. The molecule has 1 amide bonds. The highest BCUT2D eigenvalue weighted by Gasteiger charge is 2.23. The summed E-state index contributed by atoms with van der Waals surface area (Å²) in [5.41, 5.74) is 3.05. The molecule has 0 aliphatic carbocycles. The molecule has 106 valence electrons. The zero-order chi connectivity index (χ0) is 13.8. The monoisotopic (exact) mass is 283 g/mol. The minimum absolute atomic E-state index is 0.319. The Balaban J connectivity index is 1.91. The molecular weight excluding hydrogens is 262 g/mol. The SMILES string of the molecule is CCN1CCN(Cc2csc(C(=O)NN)n2)CC1C. The van der Waals surface area contributed by atoms with Gasteiger partial charge in [-0.1, -0.05) is 6.92 Å². The van der Waals surface area contributed by atoms with E-state index in [0.717, 1.165) is 38.4 Å². The van der Waals surface area contributed by atoms with Crippen molar-refractivity contribution in [2.75, 3.05) is 26.2 Å². The fourth-order valence-electron chi connectivity index (χ4n) is 2.46. The number of hydrogen-bond acceptors (Lipinski definition) is 6. The van der Waals surface area contributed by atoms with E-state index in [1.54, 1.807) is 0 Å². The lowest BCUT2D eigenvalue weighted by molar-refractivity contribution is 0.0826. The molecule has 19 heavy (non-hydrogen) atoms. The predicted molar refractivity (Wildman–Crippen MR) is 75.8 cm³/mol. The minimum Gasteiger partial charge on any atom is -0.298 e. The van der Waals surface area contributed by atoms with Crippen molar-refractivity contribution in [1.29, 1.82) is 0 Å². The van der Waals surface area contributed by atoms with E-state index >= 15 is 0 Å². The number of amides is 1. The van der Waals surface area contributed by atoms with Gasteiger partial charge in [0, 0.05) is 37.6 Å². The maximum atomic E-state index is 11.3. The van der Waals surface area contributed by atoms with E-state index in [0.29, 0.717) is 11.0 Å². The predicted octanol–water partition coefficient (Wildman–Crippen LogP) is 0.273. The molecule has 2 heterocycles. The van der Waals surface area contributed by atoms with Crippen molar-refractivity contribution in [3.8, 4) is 0 Å². The van der Waals surface area contributed by atoms with E-state index in [2.05, 4.69) is 34.1 Å². The van der Waals surface area contributed by atoms with Gasteiger partial charge in [-0.2, -0.15) is 0 Å². The van der Waals surface area contributed by atoms with Crippen LogP contribution in [0.25, 0.3) is 0 Å². The molecule has 0 saturated carbocycles. The van der Waals surface area contributed by atoms with Crippen LogP contribution < -0.4 is 11.3 Å². The van der Waals surface area contributed by atoms with Crippen molar-refractivity contribution in [3.05, 3.63) is 16.1 Å². The Bertz CT molecular complexity index is 436. The van der Waals surface area contributed by atoms with E-state index in [9.17, 15) is 4.79 Å². The molecule has 1 aromatic rings. The third-order valence-corrected chi connectivity index (χ3v) is 4.41. The van der Waals surface area contributed by atoms with Crippen molar-refractivity contribution in [2.45, 2.75) is 26.4 Å². The summed E-state index contributed by atoms with van der Waals surface area (Å²) in [6.07, 6.45) is 0. The maximum Gasteiger partial charge on any atom is 0.294 e. The average molecular weight is 283 g/mol. The molecule has 0 radical (unpaired) electrons. The number of hydrogen-bond donors (Lipinski definition) is 2. The molecule has 1 saturated heterocycles. The summed E-state index contributed by atoms with van der Waals surface area (Å²) in [5, 5.41) is 2.36. The molecule has 0 spiro atoms. The number of carbonyl (C=O) groups excluding carboxylic acids is 1. The Labute approximate surface area is 117 Å². The van der Waals surface area contributed by atoms with Gasteiger partial charge in [-0.15, -0.1) is 11.3 Å². The second kappa shape index (κ2) is 6.42. The second-order valence-electron chi connectivity index (χ2n) is 4.83. The van der Waals surface area contributed by atoms with Gasteiger partial charge in [0.05, 0.1) is 5.69 Å². The standard InChI is InChI=1S/C12H21N5OS/c1-3-17-5-4-16(6-9(17)2)7-10-8-19-12(14-10)11(18)15-13/h8-9H,3-7,13H2,1-2H3,(H,15,18). The Morgan fingerprint density at radius 1 is 1.63 bits per heavy atom. The van der Waals surface area contributed by atoms with Crippen LogP contribution in [0.4, 0.5) is 0 Å². The Morgan fingerprint density at radius 3 is 3.05 bits per heavy atom. The fraction of sp³-hybridized carbons (Fsp3) is 0.667. The first kappa shape index (κ1) is 14.4. The summed E-state index contributed by atoms with van der Waals surface area (Å²) in [5.74, 6) is 4.78. The molecule has 0 aromatic carbocycles. The highest BCUT2D eigenvalue weighted by Crippen LogP contribution is 2.15. The zero-order valence-electron chi connectivity index (χ0n) is 11.4. The van der Waals surface area contributed by atoms with Crippen LogP contribution in [0, 0.1) is 0 Å². The van der Waals surface area contributed by atoms with Crippen LogP contribution >= 0.6 is 11.3 Å². The topological polar surface area (TPSA) is 74.5 Å². The molecule has 7 heteroatoms. The van der Waals surface area contributed by atoms with Crippen LogP contribution in [0.3, 0.4) is 0 Å². The van der Waals surface area contributed by atoms with Crippen LogP contribution in [0.15, 0.2) is 5.38 Å². The lowest BCUT2D eigenvalue weighted by Gasteiger charge is -2.39. The molecular formula is C12H21N5OS. The molecule has 1 atom stereocenters. The number of rotatable bonds is 4. The number of nitrogens with zero attached hydrogens (tertiary/aromatic N) is 3. The van der Waals surface area contributed by atoms with Crippen LogP contribution in [0.5, 0.6) is 0 Å². The second-order valence-corrected chi connectivity index (χ2v) is 5.69. The molecule has 0 bridgehead atoms. The first-order valence-corrected chi connectivity index (χ1v) is 7.43. The van der Waals surface area contributed by atoms with Gasteiger partial charge in [-0.3, -0.25) is 20.0 Å². The lowest BCUT2D eigenvalue weighted by atomic mass is 10.2. The van der Waals surface area contributed by atoms with Crippen molar-refractivity contribution in [3.63, 3.8) is 0 Å². The largest absolute Gasteiger partial charge is 0.298 e. The number of nitrogens with one attached hydrogen (secondary N) is 1. The third kappa shape index (κ3) is 3.50. The van der Waals surface area contributed by atoms with Gasteiger partial charge in [0.25, 0.3) is 5.91 Å². The fourth-order valence-corrected chi connectivity index (χ4v) is 3.17. The van der Waals surface area contributed by atoms with Gasteiger partial charge < -0.3 is 0 Å². The highest BCUT2D eigenvalue weighted by molar-refractivity contribution is 7.11. The molecule has 1 aliphatic heterocycles. The van der Waals surface area contributed by atoms with Gasteiger partial charge in [0.15, 0.2) is 5.01 Å². The molecule has 3 N–H and O–H groups in total. The Kier molecular flexibility index (Phi) is 4.87. The van der Waals surface area contributed by atoms with Crippen LogP contribution in [-0.4, -0.2) is 52.9 Å². The third-order valence-electron chi connectivity index (χ3n) is 3.52. The summed E-state index contributed by atoms with van der Waals surface area (Å²) in [6, 6.07) is 0.573. The molecule has 6 nitrogen and oxygen atoms in total. The summed E-state index contributed by atoms with van der Waals surface area (Å²) < 4.78 is 0. The van der Waals surface area contributed by atoms with Gasteiger partial charge in [0.1, 0.15) is 0 Å². The highest BCUT2D eigenvalue weighted by atomic mass is 32.1. The van der Waals surface area contributed by atoms with Gasteiger partial charge in [0.2, 0.25) is 0 Å². The smallest absolute Gasteiger partial charge is 0.294 e. The van der Waals surface area contributed by atoms with Crippen LogP contribution in [0.2, 0.25) is 0 Å². The maximum absolute atomic E-state index is 11.3. The van der Waals surface area contributed by atoms with E-state index in [1.165, 1.54) is 11.3 Å². The molecule has 1 fully saturated rings. The number of nitrogen functional groups attached to an aromatic ring is 1. The minimum atomic E-state index is -0.319. The van der Waals surface area contributed by atoms with E-state index in [1.807, 2.05) is 5.38 Å². The first-order chi connectivity index (χ1) is 9.13. The number of aromatic nitrogens is 1. The summed E-state index contributed by atoms with van der Waals surface area (Å²) >= 11 is 1.34. The molecule has 1 aromatic heterocycles. The summed E-state index contributed by atoms with van der Waals surface area (Å²) in [6.45, 7) is 9.55. The Morgan fingerprint density at radius 2 is 2.42 bits per heavy atom. The number of thiazole rings is 1. The number of likely N-dealkylation sites (N-methyl/N-ethyl adjacent to an activating group) is 1. The normalized spacial score (nSPS) is 21.5. The average Bonchev–Trinajstić information content (AvgIpc) is 2.86. The van der Waals surface area contributed by atoms with Crippen molar-refractivity contribution >= 4 is 17.2 Å².